The number of amides is 1. The summed E-state index contributed by atoms with van der Waals surface area (Å²) in [5.74, 6) is 1.17. The van der Waals surface area contributed by atoms with E-state index < -0.39 is 0 Å². The number of benzene rings is 2. The molecule has 1 N–H and O–H groups in total. The van der Waals surface area contributed by atoms with Crippen LogP contribution in [0.15, 0.2) is 53.9 Å². The predicted molar refractivity (Wildman–Crippen MR) is 104 cm³/mol. The van der Waals surface area contributed by atoms with Gasteiger partial charge in [0, 0.05) is 10.9 Å². The molecule has 0 spiro atoms. The van der Waals surface area contributed by atoms with Gasteiger partial charge in [0.15, 0.2) is 6.61 Å². The van der Waals surface area contributed by atoms with Crippen LogP contribution in [0.1, 0.15) is 11.9 Å². The molecule has 134 valence electrons. The van der Waals surface area contributed by atoms with Crippen LogP contribution in [0.5, 0.6) is 11.5 Å². The summed E-state index contributed by atoms with van der Waals surface area (Å²) >= 11 is 1.58. The first-order chi connectivity index (χ1) is 12.7. The molecular formula is C20H20N2O3S. The summed E-state index contributed by atoms with van der Waals surface area (Å²) in [4.78, 5) is 16.8. The fourth-order valence-electron chi connectivity index (χ4n) is 2.44. The van der Waals surface area contributed by atoms with Crippen LogP contribution < -0.4 is 14.8 Å². The molecule has 6 heteroatoms. The van der Waals surface area contributed by atoms with E-state index in [1.54, 1.807) is 23.5 Å². The van der Waals surface area contributed by atoms with Crippen molar-refractivity contribution in [1.82, 2.24) is 4.98 Å². The van der Waals surface area contributed by atoms with Gasteiger partial charge in [0.2, 0.25) is 0 Å². The summed E-state index contributed by atoms with van der Waals surface area (Å²) in [6.45, 7) is 4.43. The molecule has 0 radical (unpaired) electrons. The monoisotopic (exact) mass is 368 g/mol. The lowest BCUT2D eigenvalue weighted by Crippen LogP contribution is -2.20. The maximum atomic E-state index is 12.3. The van der Waals surface area contributed by atoms with Crippen LogP contribution in [-0.4, -0.2) is 24.1 Å². The second-order valence-electron chi connectivity index (χ2n) is 5.54. The zero-order valence-corrected chi connectivity index (χ0v) is 15.5. The number of hydrogen-bond donors (Lipinski definition) is 1. The summed E-state index contributed by atoms with van der Waals surface area (Å²) < 4.78 is 10.9. The standard InChI is InChI=1S/C20H20N2O3S/c1-3-24-15-8-10-16(11-9-15)25-12-20(23)22-18-7-5-4-6-17(18)19-13-26-14(2)21-19/h4-11,13H,3,12H2,1-2H3,(H,22,23). The molecule has 1 heterocycles. The lowest BCUT2D eigenvalue weighted by molar-refractivity contribution is -0.118. The van der Waals surface area contributed by atoms with Crippen LogP contribution in [0.25, 0.3) is 11.3 Å². The minimum atomic E-state index is -0.224. The van der Waals surface area contributed by atoms with Gasteiger partial charge in [-0.25, -0.2) is 4.98 Å². The van der Waals surface area contributed by atoms with Crippen molar-refractivity contribution < 1.29 is 14.3 Å². The Bertz CT molecular complexity index is 875. The third-order valence-electron chi connectivity index (χ3n) is 3.60. The lowest BCUT2D eigenvalue weighted by Gasteiger charge is -2.11. The minimum absolute atomic E-state index is 0.0710. The molecule has 0 aliphatic carbocycles. The van der Waals surface area contributed by atoms with Crippen LogP contribution >= 0.6 is 11.3 Å². The van der Waals surface area contributed by atoms with E-state index in [2.05, 4.69) is 10.3 Å². The normalized spacial score (nSPS) is 10.4. The zero-order chi connectivity index (χ0) is 18.4. The maximum Gasteiger partial charge on any atom is 0.262 e. The van der Waals surface area contributed by atoms with Crippen LogP contribution in [-0.2, 0) is 4.79 Å². The quantitative estimate of drug-likeness (QED) is 0.665. The van der Waals surface area contributed by atoms with Crippen molar-refractivity contribution in [3.05, 3.63) is 58.9 Å². The highest BCUT2D eigenvalue weighted by molar-refractivity contribution is 7.09. The number of rotatable bonds is 7. The first kappa shape index (κ1) is 17.9. The fraction of sp³-hybridized carbons (Fsp3) is 0.200. The number of thiazole rings is 1. The van der Waals surface area contributed by atoms with Crippen molar-refractivity contribution in [2.24, 2.45) is 0 Å². The van der Waals surface area contributed by atoms with Gasteiger partial charge in [0.05, 0.1) is 23.0 Å². The molecule has 0 aliphatic heterocycles. The van der Waals surface area contributed by atoms with Crippen molar-refractivity contribution in [3.63, 3.8) is 0 Å². The smallest absolute Gasteiger partial charge is 0.262 e. The summed E-state index contributed by atoms with van der Waals surface area (Å²) in [7, 11) is 0. The number of nitrogens with zero attached hydrogens (tertiary/aromatic N) is 1. The Kier molecular flexibility index (Phi) is 5.86. The number of para-hydroxylation sites is 1. The van der Waals surface area contributed by atoms with E-state index in [4.69, 9.17) is 9.47 Å². The van der Waals surface area contributed by atoms with Crippen molar-refractivity contribution in [2.45, 2.75) is 13.8 Å². The Hall–Kier alpha value is -2.86. The van der Waals surface area contributed by atoms with Crippen molar-refractivity contribution >= 4 is 22.9 Å². The molecule has 1 aromatic heterocycles. The summed E-state index contributed by atoms with van der Waals surface area (Å²) in [6, 6.07) is 14.8. The van der Waals surface area contributed by atoms with Crippen LogP contribution in [0.2, 0.25) is 0 Å². The molecule has 1 amide bonds. The number of carbonyl (C=O) groups excluding carboxylic acids is 1. The van der Waals surface area contributed by atoms with E-state index in [0.29, 0.717) is 12.4 Å². The Morgan fingerprint density at radius 2 is 1.77 bits per heavy atom. The van der Waals surface area contributed by atoms with Gasteiger partial charge in [-0.1, -0.05) is 18.2 Å². The van der Waals surface area contributed by atoms with Gasteiger partial charge >= 0.3 is 0 Å². The fourth-order valence-corrected chi connectivity index (χ4v) is 3.05. The molecule has 0 atom stereocenters. The van der Waals surface area contributed by atoms with E-state index in [9.17, 15) is 4.79 Å². The average Bonchev–Trinajstić information content (AvgIpc) is 3.08. The molecule has 0 saturated heterocycles. The van der Waals surface area contributed by atoms with Crippen LogP contribution in [0.3, 0.4) is 0 Å². The van der Waals surface area contributed by atoms with Gasteiger partial charge in [-0.2, -0.15) is 0 Å². The molecule has 26 heavy (non-hydrogen) atoms. The molecule has 0 unspecified atom stereocenters. The number of aromatic nitrogens is 1. The minimum Gasteiger partial charge on any atom is -0.494 e. The summed E-state index contributed by atoms with van der Waals surface area (Å²) in [6.07, 6.45) is 0. The molecule has 2 aromatic carbocycles. The highest BCUT2D eigenvalue weighted by Gasteiger charge is 2.11. The number of hydrogen-bond acceptors (Lipinski definition) is 5. The third kappa shape index (κ3) is 4.61. The molecule has 0 saturated carbocycles. The molecule has 3 rings (SSSR count). The van der Waals surface area contributed by atoms with Crippen molar-refractivity contribution in [1.29, 1.82) is 0 Å². The first-order valence-electron chi connectivity index (χ1n) is 8.32. The Morgan fingerprint density at radius 1 is 1.08 bits per heavy atom. The molecule has 5 nitrogen and oxygen atoms in total. The number of carbonyl (C=O) groups is 1. The molecular weight excluding hydrogens is 348 g/mol. The maximum absolute atomic E-state index is 12.3. The van der Waals surface area contributed by atoms with Crippen LogP contribution in [0.4, 0.5) is 5.69 Å². The third-order valence-corrected chi connectivity index (χ3v) is 4.37. The summed E-state index contributed by atoms with van der Waals surface area (Å²) in [5.41, 5.74) is 2.47. The van der Waals surface area contributed by atoms with Crippen LogP contribution in [0, 0.1) is 6.92 Å². The first-order valence-corrected chi connectivity index (χ1v) is 9.20. The molecule has 0 fully saturated rings. The van der Waals surface area contributed by atoms with E-state index in [-0.39, 0.29) is 12.5 Å². The zero-order valence-electron chi connectivity index (χ0n) is 14.7. The second kappa shape index (κ2) is 8.49. The van der Waals surface area contributed by atoms with Gasteiger partial charge in [-0.05, 0) is 44.2 Å². The SMILES string of the molecule is CCOc1ccc(OCC(=O)Nc2ccccc2-c2csc(C)n2)cc1. The van der Waals surface area contributed by atoms with Gasteiger partial charge in [-0.3, -0.25) is 4.79 Å². The number of ether oxygens (including phenoxy) is 2. The predicted octanol–water partition coefficient (Wildman–Crippen LogP) is 4.53. The summed E-state index contributed by atoms with van der Waals surface area (Å²) in [5, 5.41) is 5.87. The van der Waals surface area contributed by atoms with Crippen molar-refractivity contribution in [3.8, 4) is 22.8 Å². The topological polar surface area (TPSA) is 60.5 Å². The average molecular weight is 368 g/mol. The largest absolute Gasteiger partial charge is 0.494 e. The highest BCUT2D eigenvalue weighted by Crippen LogP contribution is 2.28. The molecule has 0 aliphatic rings. The van der Waals surface area contributed by atoms with E-state index in [1.807, 2.05) is 55.6 Å². The Labute approximate surface area is 156 Å². The lowest BCUT2D eigenvalue weighted by atomic mass is 10.1. The van der Waals surface area contributed by atoms with Gasteiger partial charge < -0.3 is 14.8 Å². The Morgan fingerprint density at radius 3 is 2.42 bits per heavy atom. The Balaban J connectivity index is 1.62. The number of anilines is 1. The van der Waals surface area contributed by atoms with Gasteiger partial charge in [0.25, 0.3) is 5.91 Å². The van der Waals surface area contributed by atoms with Crippen molar-refractivity contribution in [2.75, 3.05) is 18.5 Å². The second-order valence-corrected chi connectivity index (χ2v) is 6.60. The molecule has 3 aromatic rings. The number of aryl methyl sites for hydroxylation is 1. The number of nitrogens with one attached hydrogen (secondary N) is 1. The van der Waals surface area contributed by atoms with E-state index in [1.165, 1.54) is 0 Å². The van der Waals surface area contributed by atoms with E-state index in [0.717, 1.165) is 27.7 Å². The molecule has 0 bridgehead atoms. The van der Waals surface area contributed by atoms with Gasteiger partial charge in [-0.15, -0.1) is 11.3 Å². The van der Waals surface area contributed by atoms with Gasteiger partial charge in [0.1, 0.15) is 11.5 Å². The highest BCUT2D eigenvalue weighted by atomic mass is 32.1. The van der Waals surface area contributed by atoms with E-state index >= 15 is 0 Å².